The van der Waals surface area contributed by atoms with Gasteiger partial charge in [0.15, 0.2) is 5.69 Å². The first-order chi connectivity index (χ1) is 8.38. The molecule has 96 valence electrons. The first-order valence-electron chi connectivity index (χ1n) is 5.61. The van der Waals surface area contributed by atoms with Gasteiger partial charge in [0, 0.05) is 6.20 Å². The highest BCUT2D eigenvalue weighted by molar-refractivity contribution is 5.36. The third-order valence-corrected chi connectivity index (χ3v) is 2.68. The van der Waals surface area contributed by atoms with E-state index in [2.05, 4.69) is 5.10 Å². The van der Waals surface area contributed by atoms with Crippen LogP contribution in [0.4, 0.5) is 13.2 Å². The first-order valence-corrected chi connectivity index (χ1v) is 5.61. The van der Waals surface area contributed by atoms with E-state index in [1.807, 2.05) is 32.0 Å². The van der Waals surface area contributed by atoms with Crippen molar-refractivity contribution in [1.82, 2.24) is 9.78 Å². The molecular weight excluding hydrogens is 241 g/mol. The highest BCUT2D eigenvalue weighted by Gasteiger charge is 2.33. The molecular formula is C13H13F3N2. The minimum Gasteiger partial charge on any atom is -0.240 e. The highest BCUT2D eigenvalue weighted by atomic mass is 19.4. The van der Waals surface area contributed by atoms with Crippen LogP contribution in [0.3, 0.4) is 0 Å². The molecule has 0 amide bonds. The SMILES string of the molecule is CC(C)c1cccc(-n2ccc(C(F)(F)F)n2)c1. The number of rotatable bonds is 2. The summed E-state index contributed by atoms with van der Waals surface area (Å²) in [5, 5.41) is 3.54. The predicted molar refractivity (Wildman–Crippen MR) is 62.7 cm³/mol. The van der Waals surface area contributed by atoms with Gasteiger partial charge in [-0.3, -0.25) is 0 Å². The van der Waals surface area contributed by atoms with Crippen molar-refractivity contribution in [2.75, 3.05) is 0 Å². The topological polar surface area (TPSA) is 17.8 Å². The lowest BCUT2D eigenvalue weighted by molar-refractivity contribution is -0.141. The first kappa shape index (κ1) is 12.7. The van der Waals surface area contributed by atoms with E-state index in [4.69, 9.17) is 0 Å². The Morgan fingerprint density at radius 1 is 1.17 bits per heavy atom. The molecule has 18 heavy (non-hydrogen) atoms. The molecule has 0 N–H and O–H groups in total. The van der Waals surface area contributed by atoms with Gasteiger partial charge in [-0.25, -0.2) is 4.68 Å². The van der Waals surface area contributed by atoms with E-state index in [0.717, 1.165) is 11.6 Å². The second-order valence-corrected chi connectivity index (χ2v) is 4.39. The number of alkyl halides is 3. The number of hydrogen-bond donors (Lipinski definition) is 0. The molecule has 2 aromatic rings. The maximum atomic E-state index is 12.4. The summed E-state index contributed by atoms with van der Waals surface area (Å²) in [5.74, 6) is 0.322. The molecule has 0 aliphatic heterocycles. The van der Waals surface area contributed by atoms with Gasteiger partial charge in [0.2, 0.25) is 0 Å². The summed E-state index contributed by atoms with van der Waals surface area (Å²) in [6.07, 6.45) is -3.08. The van der Waals surface area contributed by atoms with Crippen LogP contribution in [0.5, 0.6) is 0 Å². The van der Waals surface area contributed by atoms with Crippen LogP contribution in [-0.2, 0) is 6.18 Å². The van der Waals surface area contributed by atoms with Crippen LogP contribution in [0.25, 0.3) is 5.69 Å². The normalized spacial score (nSPS) is 12.1. The summed E-state index contributed by atoms with van der Waals surface area (Å²) in [7, 11) is 0. The molecule has 0 aliphatic carbocycles. The molecule has 0 saturated carbocycles. The van der Waals surface area contributed by atoms with Crippen LogP contribution in [-0.4, -0.2) is 9.78 Å². The van der Waals surface area contributed by atoms with Gasteiger partial charge in [-0.1, -0.05) is 26.0 Å². The van der Waals surface area contributed by atoms with E-state index in [1.165, 1.54) is 10.9 Å². The minimum absolute atomic E-state index is 0.322. The zero-order chi connectivity index (χ0) is 13.3. The zero-order valence-corrected chi connectivity index (χ0v) is 10.1. The predicted octanol–water partition coefficient (Wildman–Crippen LogP) is 4.01. The fourth-order valence-electron chi connectivity index (χ4n) is 1.65. The van der Waals surface area contributed by atoms with Crippen molar-refractivity contribution in [3.63, 3.8) is 0 Å². The van der Waals surface area contributed by atoms with Crippen molar-refractivity contribution in [1.29, 1.82) is 0 Å². The number of halogens is 3. The van der Waals surface area contributed by atoms with Crippen molar-refractivity contribution in [3.05, 3.63) is 47.8 Å². The Balaban J connectivity index is 2.37. The van der Waals surface area contributed by atoms with E-state index in [1.54, 1.807) is 6.07 Å². The fourth-order valence-corrected chi connectivity index (χ4v) is 1.65. The van der Waals surface area contributed by atoms with E-state index in [9.17, 15) is 13.2 Å². The lowest BCUT2D eigenvalue weighted by Gasteiger charge is -2.08. The van der Waals surface area contributed by atoms with Gasteiger partial charge in [0.1, 0.15) is 0 Å². The quantitative estimate of drug-likeness (QED) is 0.791. The highest BCUT2D eigenvalue weighted by Crippen LogP contribution is 2.28. The molecule has 1 aromatic heterocycles. The molecule has 0 bridgehead atoms. The van der Waals surface area contributed by atoms with Crippen LogP contribution < -0.4 is 0 Å². The standard InChI is InChI=1S/C13H13F3N2/c1-9(2)10-4-3-5-11(8-10)18-7-6-12(17-18)13(14,15)16/h3-9H,1-2H3. The number of nitrogens with zero attached hydrogens (tertiary/aromatic N) is 2. The second-order valence-electron chi connectivity index (χ2n) is 4.39. The summed E-state index contributed by atoms with van der Waals surface area (Å²) in [6.45, 7) is 4.06. The summed E-state index contributed by atoms with van der Waals surface area (Å²) < 4.78 is 38.6. The monoisotopic (exact) mass is 254 g/mol. The fraction of sp³-hybridized carbons (Fsp3) is 0.308. The molecule has 2 nitrogen and oxygen atoms in total. The van der Waals surface area contributed by atoms with Crippen LogP contribution in [0, 0.1) is 0 Å². The van der Waals surface area contributed by atoms with E-state index in [0.29, 0.717) is 11.6 Å². The van der Waals surface area contributed by atoms with Gasteiger partial charge < -0.3 is 0 Å². The molecule has 0 unspecified atom stereocenters. The van der Waals surface area contributed by atoms with E-state index in [-0.39, 0.29) is 0 Å². The molecule has 0 radical (unpaired) electrons. The summed E-state index contributed by atoms with van der Waals surface area (Å²) in [5.41, 5.74) is 0.825. The maximum absolute atomic E-state index is 12.4. The molecule has 0 atom stereocenters. The number of hydrogen-bond acceptors (Lipinski definition) is 1. The Morgan fingerprint density at radius 2 is 1.89 bits per heavy atom. The van der Waals surface area contributed by atoms with Crippen molar-refractivity contribution in [2.45, 2.75) is 25.9 Å². The molecule has 5 heteroatoms. The Bertz CT molecular complexity index is 541. The molecule has 0 saturated heterocycles. The summed E-state index contributed by atoms with van der Waals surface area (Å²) in [4.78, 5) is 0. The molecule has 0 aliphatic rings. The van der Waals surface area contributed by atoms with Crippen molar-refractivity contribution in [2.24, 2.45) is 0 Å². The maximum Gasteiger partial charge on any atom is 0.435 e. The Kier molecular flexibility index (Phi) is 3.15. The Hall–Kier alpha value is -1.78. The second kappa shape index (κ2) is 4.48. The Labute approximate surface area is 103 Å². The van der Waals surface area contributed by atoms with E-state index >= 15 is 0 Å². The van der Waals surface area contributed by atoms with Gasteiger partial charge in [-0.05, 0) is 29.7 Å². The van der Waals surface area contributed by atoms with Gasteiger partial charge in [-0.15, -0.1) is 0 Å². The zero-order valence-electron chi connectivity index (χ0n) is 10.1. The van der Waals surface area contributed by atoms with Crippen LogP contribution in [0.15, 0.2) is 36.5 Å². The van der Waals surface area contributed by atoms with Gasteiger partial charge >= 0.3 is 6.18 Å². The van der Waals surface area contributed by atoms with Gasteiger partial charge in [0.25, 0.3) is 0 Å². The number of aromatic nitrogens is 2. The van der Waals surface area contributed by atoms with Crippen molar-refractivity contribution >= 4 is 0 Å². The number of benzene rings is 1. The lowest BCUT2D eigenvalue weighted by Crippen LogP contribution is -2.07. The third kappa shape index (κ3) is 2.55. The Morgan fingerprint density at radius 3 is 2.44 bits per heavy atom. The van der Waals surface area contributed by atoms with Crippen molar-refractivity contribution < 1.29 is 13.2 Å². The third-order valence-electron chi connectivity index (χ3n) is 2.68. The van der Waals surface area contributed by atoms with Crippen LogP contribution in [0.1, 0.15) is 31.0 Å². The molecule has 0 fully saturated rings. The molecule has 0 spiro atoms. The lowest BCUT2D eigenvalue weighted by atomic mass is 10.0. The molecule has 2 rings (SSSR count). The van der Waals surface area contributed by atoms with Crippen LogP contribution >= 0.6 is 0 Å². The van der Waals surface area contributed by atoms with Gasteiger partial charge in [0.05, 0.1) is 5.69 Å². The summed E-state index contributed by atoms with van der Waals surface area (Å²) >= 11 is 0. The van der Waals surface area contributed by atoms with E-state index < -0.39 is 11.9 Å². The van der Waals surface area contributed by atoms with Crippen LogP contribution in [0.2, 0.25) is 0 Å². The van der Waals surface area contributed by atoms with Crippen molar-refractivity contribution in [3.8, 4) is 5.69 Å². The molecule has 1 heterocycles. The largest absolute Gasteiger partial charge is 0.435 e. The smallest absolute Gasteiger partial charge is 0.240 e. The summed E-state index contributed by atoms with van der Waals surface area (Å²) in [6, 6.07) is 8.32. The average Bonchev–Trinajstić information content (AvgIpc) is 2.78. The van der Waals surface area contributed by atoms with Gasteiger partial charge in [-0.2, -0.15) is 18.3 Å². The minimum atomic E-state index is -4.40. The average molecular weight is 254 g/mol. The molecule has 1 aromatic carbocycles.